The molecule has 1 atom stereocenters. The van der Waals surface area contributed by atoms with Gasteiger partial charge in [-0.1, -0.05) is 12.1 Å². The minimum absolute atomic E-state index is 0.306. The van der Waals surface area contributed by atoms with Crippen molar-refractivity contribution in [3.05, 3.63) is 59.9 Å². The lowest BCUT2D eigenvalue weighted by Crippen LogP contribution is -2.72. The van der Waals surface area contributed by atoms with Crippen molar-refractivity contribution in [3.63, 3.8) is 0 Å². The number of anilines is 2. The highest BCUT2D eigenvalue weighted by atomic mass is 16.5. The minimum atomic E-state index is 0.306. The molecule has 0 radical (unpaired) electrons. The van der Waals surface area contributed by atoms with Crippen molar-refractivity contribution in [3.8, 4) is 0 Å². The van der Waals surface area contributed by atoms with E-state index in [1.807, 2.05) is 18.5 Å². The molecule has 3 aliphatic rings. The van der Waals surface area contributed by atoms with E-state index >= 15 is 0 Å². The number of nitrogens with two attached hydrogens (primary N) is 1. The summed E-state index contributed by atoms with van der Waals surface area (Å²) in [5.41, 5.74) is 11.2. The van der Waals surface area contributed by atoms with Gasteiger partial charge < -0.3 is 25.6 Å². The van der Waals surface area contributed by atoms with Gasteiger partial charge in [0.05, 0.1) is 11.8 Å². The van der Waals surface area contributed by atoms with Gasteiger partial charge in [-0.25, -0.2) is 4.98 Å². The Labute approximate surface area is 185 Å². The van der Waals surface area contributed by atoms with E-state index in [4.69, 9.17) is 10.5 Å². The highest BCUT2D eigenvalue weighted by Gasteiger charge is 2.52. The van der Waals surface area contributed by atoms with Crippen LogP contribution in [0.5, 0.6) is 0 Å². The zero-order chi connectivity index (χ0) is 21.3. The van der Waals surface area contributed by atoms with Crippen LogP contribution >= 0.6 is 0 Å². The molecule has 1 spiro atoms. The van der Waals surface area contributed by atoms with Crippen LogP contribution in [0, 0.1) is 12.3 Å². The molecule has 0 aliphatic carbocycles. The summed E-state index contributed by atoms with van der Waals surface area (Å²) in [7, 11) is 0. The monoisotopic (exact) mass is 419 g/mol. The van der Waals surface area contributed by atoms with Crippen LogP contribution in [0.1, 0.15) is 30.4 Å². The molecule has 1 unspecified atom stereocenters. The fraction of sp³-hybridized carbons (Fsp3) is 0.480. The summed E-state index contributed by atoms with van der Waals surface area (Å²) in [4.78, 5) is 9.33. The zero-order valence-corrected chi connectivity index (χ0v) is 18.4. The average molecular weight is 420 g/mol. The lowest BCUT2D eigenvalue weighted by molar-refractivity contribution is 0.0188. The molecule has 0 bridgehead atoms. The van der Waals surface area contributed by atoms with E-state index in [0.717, 1.165) is 62.8 Å². The van der Waals surface area contributed by atoms with E-state index in [0.29, 0.717) is 11.5 Å². The van der Waals surface area contributed by atoms with Crippen LogP contribution in [0.3, 0.4) is 0 Å². The maximum atomic E-state index is 6.36. The highest BCUT2D eigenvalue weighted by molar-refractivity contribution is 5.68. The Hall–Kier alpha value is -2.73. The molecule has 31 heavy (non-hydrogen) atoms. The van der Waals surface area contributed by atoms with Gasteiger partial charge in [-0.05, 0) is 56.0 Å². The van der Waals surface area contributed by atoms with Crippen molar-refractivity contribution in [2.75, 3.05) is 49.1 Å². The molecule has 1 aromatic carbocycles. The number of aryl methyl sites for hydroxylation is 1. The van der Waals surface area contributed by atoms with Crippen molar-refractivity contribution in [2.24, 2.45) is 11.1 Å². The van der Waals surface area contributed by atoms with Crippen molar-refractivity contribution in [1.29, 1.82) is 0 Å². The average Bonchev–Trinajstić information content (AvgIpc) is 2.73. The van der Waals surface area contributed by atoms with Crippen LogP contribution in [0.25, 0.3) is 5.70 Å². The molecule has 3 N–H and O–H groups in total. The van der Waals surface area contributed by atoms with Crippen LogP contribution in [0.15, 0.2) is 48.8 Å². The number of hydrogen-bond acceptors (Lipinski definition) is 6. The molecule has 2 aromatic rings. The summed E-state index contributed by atoms with van der Waals surface area (Å²) in [6.07, 6.45) is 7.67. The van der Waals surface area contributed by atoms with Crippen molar-refractivity contribution in [1.82, 2.24) is 10.3 Å². The number of aromatic nitrogens is 1. The first kappa shape index (κ1) is 20.2. The lowest BCUT2D eigenvalue weighted by Gasteiger charge is -2.61. The standard InChI is InChI=1S/C25H33N5O/c1-19-12-20(8-9-22(19)23(26)14-27-13-21-6-3-5-11-31-21)29-15-25(16-29)17-30(18-25)24-7-2-4-10-28-24/h2,4,7-10,12,14,21,27H,3,5-6,11,13,15-18,26H2,1H3/b23-14-. The molecule has 164 valence electrons. The van der Waals surface area contributed by atoms with E-state index in [1.54, 1.807) is 0 Å². The minimum Gasteiger partial charge on any atom is -0.397 e. The normalized spacial score (nSPS) is 22.7. The molecule has 5 rings (SSSR count). The van der Waals surface area contributed by atoms with E-state index in [1.165, 1.54) is 24.1 Å². The predicted molar refractivity (Wildman–Crippen MR) is 126 cm³/mol. The molecule has 1 aromatic heterocycles. The summed E-state index contributed by atoms with van der Waals surface area (Å²) in [6, 6.07) is 12.8. The van der Waals surface area contributed by atoms with E-state index < -0.39 is 0 Å². The number of nitrogens with one attached hydrogen (secondary N) is 1. The van der Waals surface area contributed by atoms with Gasteiger partial charge in [0.1, 0.15) is 5.82 Å². The molecule has 3 aliphatic heterocycles. The second kappa shape index (κ2) is 8.42. The molecule has 0 amide bonds. The van der Waals surface area contributed by atoms with Gasteiger partial charge in [0.2, 0.25) is 0 Å². The summed E-state index contributed by atoms with van der Waals surface area (Å²) in [5, 5.41) is 3.35. The highest BCUT2D eigenvalue weighted by Crippen LogP contribution is 2.43. The third-order valence-electron chi connectivity index (χ3n) is 6.84. The fourth-order valence-electron chi connectivity index (χ4n) is 5.13. The number of hydrogen-bond donors (Lipinski definition) is 2. The predicted octanol–water partition coefficient (Wildman–Crippen LogP) is 3.13. The SMILES string of the molecule is Cc1cc(N2CC3(C2)CN(c2ccccn2)C3)ccc1/C(N)=C/NCC1CCCCO1. The van der Waals surface area contributed by atoms with Gasteiger partial charge in [0.25, 0.3) is 0 Å². The summed E-state index contributed by atoms with van der Waals surface area (Å²) in [5.74, 6) is 1.10. The Morgan fingerprint density at radius 3 is 2.74 bits per heavy atom. The fourth-order valence-corrected chi connectivity index (χ4v) is 5.13. The maximum Gasteiger partial charge on any atom is 0.128 e. The number of nitrogens with zero attached hydrogens (tertiary/aromatic N) is 3. The first-order chi connectivity index (χ1) is 15.1. The second-order valence-electron chi connectivity index (χ2n) is 9.40. The zero-order valence-electron chi connectivity index (χ0n) is 18.4. The molecule has 6 heteroatoms. The van der Waals surface area contributed by atoms with E-state index in [-0.39, 0.29) is 0 Å². The van der Waals surface area contributed by atoms with Gasteiger partial charge in [0.15, 0.2) is 0 Å². The Kier molecular flexibility index (Phi) is 5.48. The number of rotatable bonds is 6. The van der Waals surface area contributed by atoms with Crippen LogP contribution in [0.4, 0.5) is 11.5 Å². The molecule has 6 nitrogen and oxygen atoms in total. The second-order valence-corrected chi connectivity index (χ2v) is 9.40. The third kappa shape index (κ3) is 4.22. The maximum absolute atomic E-state index is 6.36. The van der Waals surface area contributed by atoms with Gasteiger partial charge in [0, 0.05) is 68.4 Å². The van der Waals surface area contributed by atoms with Gasteiger partial charge in [-0.2, -0.15) is 0 Å². The topological polar surface area (TPSA) is 66.7 Å². The van der Waals surface area contributed by atoms with Crippen molar-refractivity contribution < 1.29 is 4.74 Å². The molecule has 4 heterocycles. The Morgan fingerprint density at radius 1 is 1.19 bits per heavy atom. The number of ether oxygens (including phenoxy) is 1. The Morgan fingerprint density at radius 2 is 2.03 bits per heavy atom. The third-order valence-corrected chi connectivity index (χ3v) is 6.84. The van der Waals surface area contributed by atoms with Crippen molar-refractivity contribution in [2.45, 2.75) is 32.3 Å². The summed E-state index contributed by atoms with van der Waals surface area (Å²) in [6.45, 7) is 8.28. The number of benzene rings is 1. The molecular weight excluding hydrogens is 386 g/mol. The van der Waals surface area contributed by atoms with Gasteiger partial charge in [-0.3, -0.25) is 0 Å². The lowest BCUT2D eigenvalue weighted by atomic mass is 9.72. The quantitative estimate of drug-likeness (QED) is 0.750. The molecule has 3 saturated heterocycles. The summed E-state index contributed by atoms with van der Waals surface area (Å²) >= 11 is 0. The Balaban J connectivity index is 1.14. The van der Waals surface area contributed by atoms with Crippen LogP contribution in [0.2, 0.25) is 0 Å². The molecular formula is C25H33N5O. The first-order valence-electron chi connectivity index (χ1n) is 11.4. The smallest absolute Gasteiger partial charge is 0.128 e. The first-order valence-corrected chi connectivity index (χ1v) is 11.4. The van der Waals surface area contributed by atoms with Crippen LogP contribution in [-0.2, 0) is 4.74 Å². The number of pyridine rings is 1. The molecule has 3 fully saturated rings. The van der Waals surface area contributed by atoms with Crippen molar-refractivity contribution >= 4 is 17.2 Å². The largest absolute Gasteiger partial charge is 0.397 e. The Bertz CT molecular complexity index is 924. The molecule has 0 saturated carbocycles. The summed E-state index contributed by atoms with van der Waals surface area (Å²) < 4.78 is 5.77. The van der Waals surface area contributed by atoms with Gasteiger partial charge in [-0.15, -0.1) is 0 Å². The van der Waals surface area contributed by atoms with E-state index in [9.17, 15) is 0 Å². The van der Waals surface area contributed by atoms with Gasteiger partial charge >= 0.3 is 0 Å². The van der Waals surface area contributed by atoms with Crippen LogP contribution < -0.4 is 20.9 Å². The van der Waals surface area contributed by atoms with Crippen LogP contribution in [-0.4, -0.2) is 50.4 Å². The van der Waals surface area contributed by atoms with E-state index in [2.05, 4.69) is 57.4 Å².